The monoisotopic (exact) mass is 510 g/mol. The van der Waals surface area contributed by atoms with Gasteiger partial charge in [0.1, 0.15) is 5.54 Å². The molecule has 1 aromatic heterocycles. The molecule has 1 heterocycles. The number of hydrogen-bond donors (Lipinski definition) is 1. The first kappa shape index (κ1) is 25.2. The number of benzene rings is 1. The van der Waals surface area contributed by atoms with Crippen LogP contribution in [0.25, 0.3) is 11.1 Å². The Morgan fingerprint density at radius 1 is 1.31 bits per heavy atom. The van der Waals surface area contributed by atoms with Crippen molar-refractivity contribution in [3.8, 4) is 17.2 Å². The van der Waals surface area contributed by atoms with Crippen LogP contribution in [0.4, 0.5) is 13.2 Å². The van der Waals surface area contributed by atoms with E-state index in [1.165, 1.54) is 23.1 Å². The summed E-state index contributed by atoms with van der Waals surface area (Å²) >= 11 is 0. The molecule has 35 heavy (non-hydrogen) atoms. The number of rotatable bonds is 7. The van der Waals surface area contributed by atoms with E-state index in [1.54, 1.807) is 14.0 Å². The Hall–Kier alpha value is -2.91. The zero-order chi connectivity index (χ0) is 25.6. The van der Waals surface area contributed by atoms with Crippen molar-refractivity contribution >= 4 is 15.7 Å². The molecular weight excluding hydrogens is 485 g/mol. The summed E-state index contributed by atoms with van der Waals surface area (Å²) in [4.78, 5) is 12.0. The Kier molecular flexibility index (Phi) is 6.44. The summed E-state index contributed by atoms with van der Waals surface area (Å²) in [6, 6.07) is 5.15. The number of aryl methyl sites for hydroxylation is 1. The summed E-state index contributed by atoms with van der Waals surface area (Å²) in [7, 11) is -2.84. The van der Waals surface area contributed by atoms with Crippen LogP contribution >= 0.6 is 0 Å². The Morgan fingerprint density at radius 2 is 2.03 bits per heavy atom. The lowest BCUT2D eigenvalue weighted by molar-refractivity contribution is -0.139. The van der Waals surface area contributed by atoms with Gasteiger partial charge in [-0.25, -0.2) is 8.42 Å². The summed E-state index contributed by atoms with van der Waals surface area (Å²) in [6.45, 7) is 1.89. The van der Waals surface area contributed by atoms with Crippen LogP contribution in [0.3, 0.4) is 0 Å². The fourth-order valence-electron chi connectivity index (χ4n) is 4.53. The lowest BCUT2D eigenvalue weighted by Crippen LogP contribution is -2.42. The summed E-state index contributed by atoms with van der Waals surface area (Å²) in [5.41, 5.74) is -1.61. The quantitative estimate of drug-likeness (QED) is 0.612. The second-order valence-corrected chi connectivity index (χ2v) is 11.2. The first-order valence-corrected chi connectivity index (χ1v) is 12.7. The van der Waals surface area contributed by atoms with Crippen LogP contribution in [-0.2, 0) is 32.6 Å². The molecule has 0 saturated heterocycles. The van der Waals surface area contributed by atoms with E-state index < -0.39 is 55.2 Å². The molecule has 0 bridgehead atoms. The van der Waals surface area contributed by atoms with Gasteiger partial charge in [-0.15, -0.1) is 0 Å². The molecule has 188 valence electrons. The zero-order valence-corrected chi connectivity index (χ0v) is 20.0. The lowest BCUT2D eigenvalue weighted by atomic mass is 10.0. The Labute approximate surface area is 201 Å². The van der Waals surface area contributed by atoms with Crippen molar-refractivity contribution < 1.29 is 31.1 Å². The number of aromatic nitrogens is 2. The number of carbonyl (C=O) groups excluding carboxylic acids is 1. The van der Waals surface area contributed by atoms with Crippen LogP contribution < -0.4 is 5.32 Å². The average molecular weight is 511 g/mol. The van der Waals surface area contributed by atoms with Crippen LogP contribution in [0.15, 0.2) is 35.5 Å². The number of halogens is 3. The SMILES string of the molecule is CCOC1CC(S(=O)(=O)c2ccc(-c3cnn(C)c3)cc2C(F)(F)F)CC1C(=O)NC1(C#N)CC1. The minimum atomic E-state index is -4.92. The normalized spacial score (nSPS) is 23.6. The molecular formula is C23H25F3N4O4S. The molecule has 2 saturated carbocycles. The van der Waals surface area contributed by atoms with E-state index in [0.29, 0.717) is 18.4 Å². The second-order valence-electron chi connectivity index (χ2n) is 9.03. The van der Waals surface area contributed by atoms with Crippen molar-refractivity contribution in [1.29, 1.82) is 5.26 Å². The predicted octanol–water partition coefficient (Wildman–Crippen LogP) is 3.24. The van der Waals surface area contributed by atoms with E-state index in [1.807, 2.05) is 6.07 Å². The van der Waals surface area contributed by atoms with Crippen molar-refractivity contribution in [2.45, 2.75) is 60.6 Å². The van der Waals surface area contributed by atoms with Gasteiger partial charge in [0.25, 0.3) is 0 Å². The summed E-state index contributed by atoms with van der Waals surface area (Å²) < 4.78 is 76.0. The molecule has 0 spiro atoms. The standard InChI is InChI=1S/C23H25F3N4O4S/c1-3-34-19-10-16(9-17(19)21(31)29-22(13-27)6-7-22)35(32,33)20-5-4-14(8-18(20)23(24,25)26)15-11-28-30(2)12-15/h4-5,8,11-12,16-17,19H,3,6-7,9-10H2,1-2H3,(H,29,31). The largest absolute Gasteiger partial charge is 0.417 e. The molecule has 4 rings (SSSR count). The number of alkyl halides is 3. The zero-order valence-electron chi connectivity index (χ0n) is 19.2. The van der Waals surface area contributed by atoms with Gasteiger partial charge >= 0.3 is 6.18 Å². The molecule has 0 radical (unpaired) electrons. The first-order chi connectivity index (χ1) is 16.4. The minimum absolute atomic E-state index is 0.116. The van der Waals surface area contributed by atoms with E-state index in [-0.39, 0.29) is 25.0 Å². The fraction of sp³-hybridized carbons (Fsp3) is 0.522. The van der Waals surface area contributed by atoms with E-state index in [0.717, 1.165) is 12.1 Å². The highest BCUT2D eigenvalue weighted by Crippen LogP contribution is 2.43. The first-order valence-electron chi connectivity index (χ1n) is 11.2. The molecule has 1 N–H and O–H groups in total. The number of nitrogens with one attached hydrogen (secondary N) is 1. The van der Waals surface area contributed by atoms with Crippen molar-refractivity contribution in [2.75, 3.05) is 6.61 Å². The van der Waals surface area contributed by atoms with Gasteiger partial charge in [0, 0.05) is 25.4 Å². The maximum atomic E-state index is 14.0. The maximum Gasteiger partial charge on any atom is 0.417 e. The van der Waals surface area contributed by atoms with Crippen molar-refractivity contribution in [3.63, 3.8) is 0 Å². The molecule has 1 amide bonds. The molecule has 8 nitrogen and oxygen atoms in total. The minimum Gasteiger partial charge on any atom is -0.378 e. The Morgan fingerprint density at radius 3 is 2.57 bits per heavy atom. The van der Waals surface area contributed by atoms with E-state index in [9.17, 15) is 31.6 Å². The number of nitriles is 1. The molecule has 2 aliphatic rings. The van der Waals surface area contributed by atoms with Crippen LogP contribution in [-0.4, -0.2) is 47.6 Å². The maximum absolute atomic E-state index is 14.0. The molecule has 3 atom stereocenters. The topological polar surface area (TPSA) is 114 Å². The van der Waals surface area contributed by atoms with Crippen molar-refractivity contribution in [3.05, 3.63) is 36.2 Å². The molecule has 12 heteroatoms. The van der Waals surface area contributed by atoms with Gasteiger partial charge in [-0.3, -0.25) is 9.48 Å². The molecule has 2 aromatic rings. The van der Waals surface area contributed by atoms with E-state index in [2.05, 4.69) is 10.4 Å². The number of amides is 1. The average Bonchev–Trinajstić information content (AvgIpc) is 3.21. The van der Waals surface area contributed by atoms with Gasteiger partial charge in [0.05, 0.1) is 40.0 Å². The third-order valence-corrected chi connectivity index (χ3v) is 8.80. The molecule has 2 fully saturated rings. The lowest BCUT2D eigenvalue weighted by Gasteiger charge is -2.20. The molecule has 2 aliphatic carbocycles. The summed E-state index contributed by atoms with van der Waals surface area (Å²) in [6.07, 6.45) is -2.08. The van der Waals surface area contributed by atoms with Crippen LogP contribution in [0.1, 0.15) is 38.2 Å². The van der Waals surface area contributed by atoms with Crippen molar-refractivity contribution in [2.24, 2.45) is 13.0 Å². The number of sulfone groups is 1. The second kappa shape index (κ2) is 8.95. The van der Waals surface area contributed by atoms with Crippen LogP contribution in [0.5, 0.6) is 0 Å². The Bertz CT molecular complexity index is 1280. The number of hydrogen-bond acceptors (Lipinski definition) is 6. The summed E-state index contributed by atoms with van der Waals surface area (Å²) in [5.74, 6) is -1.40. The highest BCUT2D eigenvalue weighted by molar-refractivity contribution is 7.92. The van der Waals surface area contributed by atoms with Gasteiger partial charge < -0.3 is 10.1 Å². The molecule has 3 unspecified atom stereocenters. The molecule has 1 aromatic carbocycles. The highest BCUT2D eigenvalue weighted by atomic mass is 32.2. The van der Waals surface area contributed by atoms with E-state index >= 15 is 0 Å². The van der Waals surface area contributed by atoms with Crippen molar-refractivity contribution in [1.82, 2.24) is 15.1 Å². The van der Waals surface area contributed by atoms with Crippen LogP contribution in [0.2, 0.25) is 0 Å². The smallest absolute Gasteiger partial charge is 0.378 e. The van der Waals surface area contributed by atoms with Crippen LogP contribution in [0, 0.1) is 17.2 Å². The number of ether oxygens (including phenoxy) is 1. The summed E-state index contributed by atoms with van der Waals surface area (Å²) in [5, 5.41) is 14.6. The third kappa shape index (κ3) is 4.92. The highest BCUT2D eigenvalue weighted by Gasteiger charge is 2.51. The number of carbonyl (C=O) groups is 1. The molecule has 0 aliphatic heterocycles. The van der Waals surface area contributed by atoms with Gasteiger partial charge in [0.15, 0.2) is 9.84 Å². The third-order valence-electron chi connectivity index (χ3n) is 6.57. The van der Waals surface area contributed by atoms with Gasteiger partial charge in [-0.05, 0) is 50.3 Å². The number of nitrogens with zero attached hydrogens (tertiary/aromatic N) is 3. The predicted molar refractivity (Wildman–Crippen MR) is 118 cm³/mol. The van der Waals surface area contributed by atoms with E-state index in [4.69, 9.17) is 4.74 Å². The van der Waals surface area contributed by atoms with Gasteiger partial charge in [-0.2, -0.15) is 23.5 Å². The fourth-order valence-corrected chi connectivity index (χ4v) is 6.53. The Balaban J connectivity index is 1.66. The van der Waals surface area contributed by atoms with Gasteiger partial charge in [-0.1, -0.05) is 6.07 Å². The van der Waals surface area contributed by atoms with Gasteiger partial charge in [0.2, 0.25) is 5.91 Å².